The topological polar surface area (TPSA) is 59.5 Å². The molecule has 0 radical (unpaired) electrons. The summed E-state index contributed by atoms with van der Waals surface area (Å²) in [6.07, 6.45) is 4.96. The number of pyridine rings is 1. The van der Waals surface area contributed by atoms with Crippen molar-refractivity contribution in [2.45, 2.75) is 64.5 Å². The summed E-state index contributed by atoms with van der Waals surface area (Å²) in [6.45, 7) is 6.16. The standard InChI is InChI=1S/C18H25FN2O3/c1-18(2,3)24-16(22)10-8-14-6-4-5-11-21(14)17(23)13-7-9-15(19)20-12-13/h7,9,12,14H,4-6,8,10-11H2,1-3H3. The fraction of sp³-hybridized carbons (Fsp3) is 0.611. The number of likely N-dealkylation sites (tertiary alicyclic amines) is 1. The number of amides is 1. The fourth-order valence-electron chi connectivity index (χ4n) is 2.91. The first kappa shape index (κ1) is 18.4. The molecular formula is C18H25FN2O3. The van der Waals surface area contributed by atoms with Gasteiger partial charge in [0.05, 0.1) is 5.56 Å². The van der Waals surface area contributed by atoms with Gasteiger partial charge >= 0.3 is 5.97 Å². The van der Waals surface area contributed by atoms with Crippen LogP contribution in [0.25, 0.3) is 0 Å². The summed E-state index contributed by atoms with van der Waals surface area (Å²) in [6, 6.07) is 2.64. The average Bonchev–Trinajstić information content (AvgIpc) is 2.52. The molecule has 0 N–H and O–H groups in total. The van der Waals surface area contributed by atoms with Crippen molar-refractivity contribution < 1.29 is 18.7 Å². The van der Waals surface area contributed by atoms with Gasteiger partial charge in [0, 0.05) is 25.2 Å². The van der Waals surface area contributed by atoms with Gasteiger partial charge in [-0.15, -0.1) is 0 Å². The van der Waals surface area contributed by atoms with Crippen molar-refractivity contribution >= 4 is 11.9 Å². The van der Waals surface area contributed by atoms with E-state index in [4.69, 9.17) is 4.74 Å². The van der Waals surface area contributed by atoms with Gasteiger partial charge < -0.3 is 9.64 Å². The molecule has 0 bridgehead atoms. The molecule has 24 heavy (non-hydrogen) atoms. The lowest BCUT2D eigenvalue weighted by Crippen LogP contribution is -2.44. The molecule has 1 fully saturated rings. The van der Waals surface area contributed by atoms with Gasteiger partial charge in [0.2, 0.25) is 5.95 Å². The van der Waals surface area contributed by atoms with Crippen molar-refractivity contribution in [2.24, 2.45) is 0 Å². The second-order valence-electron chi connectivity index (χ2n) is 7.14. The lowest BCUT2D eigenvalue weighted by atomic mass is 9.97. The van der Waals surface area contributed by atoms with Crippen LogP contribution in [0, 0.1) is 5.95 Å². The zero-order valence-corrected chi connectivity index (χ0v) is 14.5. The predicted octanol–water partition coefficient (Wildman–Crippen LogP) is 3.34. The van der Waals surface area contributed by atoms with Crippen LogP contribution in [0.15, 0.2) is 18.3 Å². The van der Waals surface area contributed by atoms with E-state index in [9.17, 15) is 14.0 Å². The van der Waals surface area contributed by atoms with E-state index in [0.29, 0.717) is 18.5 Å². The highest BCUT2D eigenvalue weighted by molar-refractivity contribution is 5.94. The quantitative estimate of drug-likeness (QED) is 0.625. The second kappa shape index (κ2) is 7.73. The summed E-state index contributed by atoms with van der Waals surface area (Å²) in [5, 5.41) is 0. The Morgan fingerprint density at radius 3 is 2.71 bits per heavy atom. The first-order valence-electron chi connectivity index (χ1n) is 8.40. The van der Waals surface area contributed by atoms with Gasteiger partial charge in [-0.3, -0.25) is 9.59 Å². The Hall–Kier alpha value is -1.98. The Bertz CT molecular complexity index is 581. The minimum atomic E-state index is -0.605. The molecule has 5 nitrogen and oxygen atoms in total. The van der Waals surface area contributed by atoms with Crippen LogP contribution in [-0.2, 0) is 9.53 Å². The number of carbonyl (C=O) groups is 2. The van der Waals surface area contributed by atoms with Crippen LogP contribution in [0.4, 0.5) is 4.39 Å². The van der Waals surface area contributed by atoms with Gasteiger partial charge in [0.25, 0.3) is 5.91 Å². The maximum absolute atomic E-state index is 12.9. The number of aromatic nitrogens is 1. The van der Waals surface area contributed by atoms with Crippen LogP contribution in [0.2, 0.25) is 0 Å². The van der Waals surface area contributed by atoms with E-state index < -0.39 is 11.5 Å². The normalized spacial score (nSPS) is 18.3. The van der Waals surface area contributed by atoms with Crippen molar-refractivity contribution in [1.29, 1.82) is 0 Å². The predicted molar refractivity (Wildman–Crippen MR) is 87.9 cm³/mol. The van der Waals surface area contributed by atoms with Crippen LogP contribution in [-0.4, -0.2) is 39.9 Å². The van der Waals surface area contributed by atoms with Crippen molar-refractivity contribution in [3.63, 3.8) is 0 Å². The maximum Gasteiger partial charge on any atom is 0.306 e. The zero-order chi connectivity index (χ0) is 17.7. The molecule has 1 aromatic heterocycles. The molecule has 1 atom stereocenters. The highest BCUT2D eigenvalue weighted by atomic mass is 19.1. The summed E-state index contributed by atoms with van der Waals surface area (Å²) in [5.74, 6) is -1.01. The smallest absolute Gasteiger partial charge is 0.306 e. The summed E-state index contributed by atoms with van der Waals surface area (Å²) >= 11 is 0. The molecule has 0 aliphatic carbocycles. The van der Waals surface area contributed by atoms with Gasteiger partial charge in [0.1, 0.15) is 5.60 Å². The van der Waals surface area contributed by atoms with E-state index in [2.05, 4.69) is 4.98 Å². The van der Waals surface area contributed by atoms with Crippen molar-refractivity contribution in [1.82, 2.24) is 9.88 Å². The van der Waals surface area contributed by atoms with E-state index in [1.807, 2.05) is 20.8 Å². The summed E-state index contributed by atoms with van der Waals surface area (Å²) < 4.78 is 18.3. The molecule has 0 aromatic carbocycles. The molecular weight excluding hydrogens is 311 g/mol. The third-order valence-corrected chi connectivity index (χ3v) is 3.96. The third-order valence-electron chi connectivity index (χ3n) is 3.96. The highest BCUT2D eigenvalue weighted by Gasteiger charge is 2.28. The van der Waals surface area contributed by atoms with Crippen LogP contribution in [0.3, 0.4) is 0 Å². The Labute approximate surface area is 142 Å². The van der Waals surface area contributed by atoms with Crippen molar-refractivity contribution in [3.05, 3.63) is 29.8 Å². The first-order chi connectivity index (χ1) is 11.3. The van der Waals surface area contributed by atoms with Crippen LogP contribution in [0.1, 0.15) is 63.2 Å². The van der Waals surface area contributed by atoms with Crippen molar-refractivity contribution in [3.8, 4) is 0 Å². The van der Waals surface area contributed by atoms with E-state index in [-0.39, 0.29) is 24.3 Å². The fourth-order valence-corrected chi connectivity index (χ4v) is 2.91. The minimum Gasteiger partial charge on any atom is -0.460 e. The number of piperidine rings is 1. The maximum atomic E-state index is 12.9. The Balaban J connectivity index is 1.98. The molecule has 1 saturated heterocycles. The summed E-state index contributed by atoms with van der Waals surface area (Å²) in [4.78, 5) is 29.9. The Kier molecular flexibility index (Phi) is 5.91. The largest absolute Gasteiger partial charge is 0.460 e. The molecule has 1 aliphatic heterocycles. The van der Waals surface area contributed by atoms with E-state index in [1.165, 1.54) is 18.3 Å². The van der Waals surface area contributed by atoms with Gasteiger partial charge in [-0.1, -0.05) is 0 Å². The third kappa shape index (κ3) is 5.28. The highest BCUT2D eigenvalue weighted by Crippen LogP contribution is 2.23. The number of carbonyl (C=O) groups excluding carboxylic acids is 2. The molecule has 1 aromatic rings. The lowest BCUT2D eigenvalue weighted by molar-refractivity contribution is -0.155. The number of hydrogen-bond donors (Lipinski definition) is 0. The summed E-state index contributed by atoms with van der Waals surface area (Å²) in [5.41, 5.74) is -0.126. The van der Waals surface area contributed by atoms with Crippen LogP contribution in [0.5, 0.6) is 0 Å². The monoisotopic (exact) mass is 336 g/mol. The van der Waals surface area contributed by atoms with Crippen LogP contribution < -0.4 is 0 Å². The van der Waals surface area contributed by atoms with Gasteiger partial charge in [0.15, 0.2) is 0 Å². The molecule has 1 amide bonds. The lowest BCUT2D eigenvalue weighted by Gasteiger charge is -2.36. The number of rotatable bonds is 4. The minimum absolute atomic E-state index is 0.00354. The molecule has 132 valence electrons. The van der Waals surface area contributed by atoms with E-state index in [1.54, 1.807) is 4.90 Å². The number of esters is 1. The Morgan fingerprint density at radius 1 is 1.33 bits per heavy atom. The van der Waals surface area contributed by atoms with Crippen molar-refractivity contribution in [2.75, 3.05) is 6.54 Å². The first-order valence-corrected chi connectivity index (χ1v) is 8.40. The number of ether oxygens (including phenoxy) is 1. The molecule has 2 rings (SSSR count). The van der Waals surface area contributed by atoms with E-state index in [0.717, 1.165) is 19.3 Å². The molecule has 1 aliphatic rings. The molecule has 0 saturated carbocycles. The number of halogens is 1. The van der Waals surface area contributed by atoms with Gasteiger partial charge in [-0.2, -0.15) is 4.39 Å². The van der Waals surface area contributed by atoms with Crippen LogP contribution >= 0.6 is 0 Å². The van der Waals surface area contributed by atoms with Gasteiger partial charge in [-0.05, 0) is 58.6 Å². The molecule has 2 heterocycles. The summed E-state index contributed by atoms with van der Waals surface area (Å²) in [7, 11) is 0. The van der Waals surface area contributed by atoms with Gasteiger partial charge in [-0.25, -0.2) is 4.98 Å². The average molecular weight is 336 g/mol. The molecule has 1 unspecified atom stereocenters. The second-order valence-corrected chi connectivity index (χ2v) is 7.14. The zero-order valence-electron chi connectivity index (χ0n) is 14.5. The Morgan fingerprint density at radius 2 is 2.08 bits per heavy atom. The molecule has 6 heteroatoms. The van der Waals surface area contributed by atoms with E-state index >= 15 is 0 Å². The SMILES string of the molecule is CC(C)(C)OC(=O)CCC1CCCCN1C(=O)c1ccc(F)nc1. The number of nitrogens with zero attached hydrogens (tertiary/aromatic N) is 2. The molecule has 0 spiro atoms. The number of hydrogen-bond acceptors (Lipinski definition) is 4.